The lowest BCUT2D eigenvalue weighted by Gasteiger charge is -2.37. The molecule has 2 fully saturated rings. The third-order valence-electron chi connectivity index (χ3n) is 6.96. The summed E-state index contributed by atoms with van der Waals surface area (Å²) < 4.78 is 3.44. The number of aromatic nitrogens is 2. The van der Waals surface area contributed by atoms with E-state index < -0.39 is 0 Å². The van der Waals surface area contributed by atoms with E-state index >= 15 is 0 Å². The van der Waals surface area contributed by atoms with E-state index in [0.29, 0.717) is 6.04 Å². The zero-order chi connectivity index (χ0) is 22.2. The molecule has 2 aromatic heterocycles. The van der Waals surface area contributed by atoms with E-state index in [1.165, 1.54) is 54.7 Å². The molecule has 0 bridgehead atoms. The van der Waals surface area contributed by atoms with E-state index in [1.807, 2.05) is 12.3 Å². The largest absolute Gasteiger partial charge is 0.352 e. The molecule has 4 nitrogen and oxygen atoms in total. The van der Waals surface area contributed by atoms with Crippen LogP contribution in [0.5, 0.6) is 0 Å². The monoisotopic (exact) mass is 508 g/mol. The summed E-state index contributed by atoms with van der Waals surface area (Å²) >= 11 is 9.58. The topological polar surface area (TPSA) is 33.1 Å². The summed E-state index contributed by atoms with van der Waals surface area (Å²) in [6, 6.07) is 17.7. The van der Waals surface area contributed by atoms with Crippen molar-refractivity contribution in [3.63, 3.8) is 0 Å². The van der Waals surface area contributed by atoms with Crippen LogP contribution in [0.15, 0.2) is 59.2 Å². The van der Waals surface area contributed by atoms with Gasteiger partial charge in [-0.25, -0.2) is 0 Å². The number of nitrogens with one attached hydrogen (secondary N) is 1. The maximum absolute atomic E-state index is 5.94. The Morgan fingerprint density at radius 3 is 2.56 bits per heavy atom. The Hall–Kier alpha value is -2.18. The smallest absolute Gasteiger partial charge is 0.170 e. The summed E-state index contributed by atoms with van der Waals surface area (Å²) in [5, 5.41) is 4.51. The Balaban J connectivity index is 1.63. The zero-order valence-corrected chi connectivity index (χ0v) is 21.0. The quantitative estimate of drug-likeness (QED) is 0.404. The van der Waals surface area contributed by atoms with Gasteiger partial charge in [-0.05, 0) is 80.9 Å². The molecule has 0 amide bonds. The molecule has 1 saturated heterocycles. The molecule has 0 spiro atoms. The van der Waals surface area contributed by atoms with E-state index in [0.717, 1.165) is 15.3 Å². The van der Waals surface area contributed by atoms with E-state index in [-0.39, 0.29) is 12.1 Å². The molecule has 1 aliphatic carbocycles. The minimum absolute atomic E-state index is 0.0436. The van der Waals surface area contributed by atoms with E-state index in [9.17, 15) is 0 Å². The first-order valence-electron chi connectivity index (χ1n) is 11.5. The summed E-state index contributed by atoms with van der Waals surface area (Å²) in [5.74, 6) is 0. The molecule has 5 rings (SSSR count). The maximum Gasteiger partial charge on any atom is 0.170 e. The molecule has 1 saturated carbocycles. The maximum atomic E-state index is 5.94. The van der Waals surface area contributed by atoms with Crippen molar-refractivity contribution in [1.82, 2.24) is 19.8 Å². The lowest BCUT2D eigenvalue weighted by molar-refractivity contribution is 0.197. The molecule has 32 heavy (non-hydrogen) atoms. The fourth-order valence-corrected chi connectivity index (χ4v) is 6.33. The van der Waals surface area contributed by atoms with Crippen LogP contribution < -0.4 is 5.32 Å². The number of hydrogen-bond donors (Lipinski definition) is 1. The Kier molecular flexibility index (Phi) is 6.08. The highest BCUT2D eigenvalue weighted by atomic mass is 79.9. The second-order valence-electron chi connectivity index (χ2n) is 8.97. The fourth-order valence-electron chi connectivity index (χ4n) is 5.55. The van der Waals surface area contributed by atoms with Gasteiger partial charge in [0.05, 0.1) is 17.8 Å². The molecule has 0 unspecified atom stereocenters. The van der Waals surface area contributed by atoms with Gasteiger partial charge in [0.2, 0.25) is 0 Å². The van der Waals surface area contributed by atoms with Crippen molar-refractivity contribution in [2.24, 2.45) is 0 Å². The molecule has 3 aromatic rings. The molecule has 0 radical (unpaired) electrons. The number of halogens is 1. The Morgan fingerprint density at radius 2 is 1.84 bits per heavy atom. The van der Waals surface area contributed by atoms with Gasteiger partial charge in [-0.1, -0.05) is 47.3 Å². The summed E-state index contributed by atoms with van der Waals surface area (Å²) in [6.07, 6.45) is 8.18. The van der Waals surface area contributed by atoms with Crippen molar-refractivity contribution in [2.75, 3.05) is 0 Å². The van der Waals surface area contributed by atoms with E-state index in [1.54, 1.807) is 0 Å². The molecule has 1 aliphatic heterocycles. The number of hydrogen-bond acceptors (Lipinski definition) is 2. The van der Waals surface area contributed by atoms with Crippen molar-refractivity contribution in [1.29, 1.82) is 0 Å². The van der Waals surface area contributed by atoms with Gasteiger partial charge in [-0.15, -0.1) is 0 Å². The molecule has 2 atom stereocenters. The van der Waals surface area contributed by atoms with Gasteiger partial charge in [-0.2, -0.15) is 0 Å². The second kappa shape index (κ2) is 8.99. The van der Waals surface area contributed by atoms with Gasteiger partial charge in [-0.3, -0.25) is 4.98 Å². The first-order valence-corrected chi connectivity index (χ1v) is 12.7. The number of benzene rings is 1. The minimum Gasteiger partial charge on any atom is -0.352 e. The standard InChI is InChI=1S/C26H29BrN4S/c1-17-15-22(18(2)30(17)21-12-8-9-19(27)16-21)25-24(23-13-6-7-14-28-23)29-26(32)31(25)20-10-4-3-5-11-20/h6-9,12-16,20,24-25H,3-5,10-11H2,1-2H3,(H,29,32)/t24-,25+/m0/s1. The van der Waals surface area contributed by atoms with Crippen LogP contribution in [-0.4, -0.2) is 25.6 Å². The first kappa shape index (κ1) is 21.7. The number of pyridine rings is 1. The number of aryl methyl sites for hydroxylation is 1. The Bertz CT molecular complexity index is 1120. The summed E-state index contributed by atoms with van der Waals surface area (Å²) in [7, 11) is 0. The van der Waals surface area contributed by atoms with Gasteiger partial charge >= 0.3 is 0 Å². The van der Waals surface area contributed by atoms with Crippen molar-refractivity contribution >= 4 is 33.3 Å². The average molecular weight is 510 g/mol. The first-order chi connectivity index (χ1) is 15.5. The van der Waals surface area contributed by atoms with Gasteiger partial charge in [0.15, 0.2) is 5.11 Å². The molecule has 6 heteroatoms. The highest BCUT2D eigenvalue weighted by Crippen LogP contribution is 2.44. The second-order valence-corrected chi connectivity index (χ2v) is 10.3. The Morgan fingerprint density at radius 1 is 1.03 bits per heavy atom. The zero-order valence-electron chi connectivity index (χ0n) is 18.6. The van der Waals surface area contributed by atoms with Crippen LogP contribution in [0.25, 0.3) is 5.69 Å². The third kappa shape index (κ3) is 3.88. The van der Waals surface area contributed by atoms with Crippen LogP contribution in [0.1, 0.15) is 66.8 Å². The summed E-state index contributed by atoms with van der Waals surface area (Å²) in [6.45, 7) is 4.43. The molecular formula is C26H29BrN4S. The average Bonchev–Trinajstić information content (AvgIpc) is 3.30. The highest BCUT2D eigenvalue weighted by Gasteiger charge is 2.44. The molecule has 1 aromatic carbocycles. The fraction of sp³-hybridized carbons (Fsp3) is 0.385. The predicted molar refractivity (Wildman–Crippen MR) is 137 cm³/mol. The van der Waals surface area contributed by atoms with Crippen LogP contribution >= 0.6 is 28.1 Å². The molecular weight excluding hydrogens is 480 g/mol. The van der Waals surface area contributed by atoms with Gasteiger partial charge in [0.1, 0.15) is 0 Å². The van der Waals surface area contributed by atoms with Crippen LogP contribution in [0, 0.1) is 13.8 Å². The van der Waals surface area contributed by atoms with Crippen LogP contribution in [0.2, 0.25) is 0 Å². The van der Waals surface area contributed by atoms with Gasteiger partial charge < -0.3 is 14.8 Å². The highest BCUT2D eigenvalue weighted by molar-refractivity contribution is 9.10. The van der Waals surface area contributed by atoms with E-state index in [4.69, 9.17) is 17.2 Å². The summed E-state index contributed by atoms with van der Waals surface area (Å²) in [5.41, 5.74) is 6.05. The SMILES string of the molecule is Cc1cc([C@@H]2[C@H](c3ccccn3)NC(=S)N2C2CCCCC2)c(C)n1-c1cccc(Br)c1. The van der Waals surface area contributed by atoms with E-state index in [2.05, 4.69) is 87.0 Å². The van der Waals surface area contributed by atoms with Crippen molar-refractivity contribution < 1.29 is 0 Å². The van der Waals surface area contributed by atoms with Gasteiger partial charge in [0, 0.05) is 33.8 Å². The summed E-state index contributed by atoms with van der Waals surface area (Å²) in [4.78, 5) is 7.22. The van der Waals surface area contributed by atoms with Gasteiger partial charge in [0.25, 0.3) is 0 Å². The minimum atomic E-state index is 0.0436. The molecule has 3 heterocycles. The Labute approximate surface area is 204 Å². The number of thiocarbonyl (C=S) groups is 1. The van der Waals surface area contributed by atoms with Crippen LogP contribution in [0.4, 0.5) is 0 Å². The molecule has 166 valence electrons. The lowest BCUT2D eigenvalue weighted by Crippen LogP contribution is -2.40. The lowest BCUT2D eigenvalue weighted by atomic mass is 9.90. The number of nitrogens with zero attached hydrogens (tertiary/aromatic N) is 3. The van der Waals surface area contributed by atoms with Crippen LogP contribution in [-0.2, 0) is 0 Å². The van der Waals surface area contributed by atoms with Crippen molar-refractivity contribution in [3.8, 4) is 5.69 Å². The normalized spacial score (nSPS) is 21.7. The third-order valence-corrected chi connectivity index (χ3v) is 7.78. The van der Waals surface area contributed by atoms with Crippen molar-refractivity contribution in [3.05, 3.63) is 81.8 Å². The number of rotatable bonds is 4. The molecule has 1 N–H and O–H groups in total. The predicted octanol–water partition coefficient (Wildman–Crippen LogP) is 6.56. The van der Waals surface area contributed by atoms with Crippen LogP contribution in [0.3, 0.4) is 0 Å². The van der Waals surface area contributed by atoms with Crippen molar-refractivity contribution in [2.45, 2.75) is 64.1 Å². The molecule has 2 aliphatic rings.